The number of nitrogens with one attached hydrogen (secondary N) is 1. The van der Waals surface area contributed by atoms with E-state index in [1.165, 1.54) is 0 Å². The first-order valence-corrected chi connectivity index (χ1v) is 7.67. The number of hydrogen-bond acceptors (Lipinski definition) is 5. The largest absolute Gasteiger partial charge is 0.367 e. The molecule has 0 aromatic heterocycles. The van der Waals surface area contributed by atoms with Crippen LogP contribution in [-0.4, -0.2) is 43.0 Å². The van der Waals surface area contributed by atoms with E-state index in [0.29, 0.717) is 0 Å². The van der Waals surface area contributed by atoms with Crippen molar-refractivity contribution in [2.45, 2.75) is 0 Å². The number of likely N-dealkylation sites (N-methyl/N-ethyl adjacent to an activating group) is 1. The normalized spacial score (nSPS) is 15.4. The number of piperazine rings is 1. The number of hydrogen-bond donors (Lipinski definition) is 1. The van der Waals surface area contributed by atoms with Gasteiger partial charge in [0.15, 0.2) is 0 Å². The van der Waals surface area contributed by atoms with Crippen LogP contribution in [0.1, 0.15) is 0 Å². The maximum absolute atomic E-state index is 11.1. The number of rotatable bonds is 4. The van der Waals surface area contributed by atoms with Gasteiger partial charge in [-0.3, -0.25) is 10.1 Å². The third-order valence-corrected chi connectivity index (χ3v) is 4.09. The topological polar surface area (TPSA) is 61.7 Å². The molecule has 1 fully saturated rings. The SMILES string of the molecule is CN1CCN(c2ccc([N+](=O)[O-])cc2Nc2ccccc2)CC1. The van der Waals surface area contributed by atoms with Gasteiger partial charge in [-0.2, -0.15) is 0 Å². The Labute approximate surface area is 135 Å². The second kappa shape index (κ2) is 6.66. The molecule has 120 valence electrons. The lowest BCUT2D eigenvalue weighted by atomic mass is 10.2. The second-order valence-electron chi connectivity index (χ2n) is 5.74. The molecule has 0 spiro atoms. The number of nitrogens with zero attached hydrogens (tertiary/aromatic N) is 3. The first-order valence-electron chi connectivity index (χ1n) is 7.67. The van der Waals surface area contributed by atoms with Gasteiger partial charge in [-0.05, 0) is 25.2 Å². The van der Waals surface area contributed by atoms with Crippen molar-refractivity contribution in [1.29, 1.82) is 0 Å². The zero-order chi connectivity index (χ0) is 16.2. The van der Waals surface area contributed by atoms with Crippen LogP contribution in [0.5, 0.6) is 0 Å². The smallest absolute Gasteiger partial charge is 0.271 e. The number of anilines is 3. The first kappa shape index (κ1) is 15.3. The number of nitro benzene ring substituents is 1. The van der Waals surface area contributed by atoms with Gasteiger partial charge in [0.2, 0.25) is 0 Å². The van der Waals surface area contributed by atoms with E-state index in [4.69, 9.17) is 0 Å². The lowest BCUT2D eigenvalue weighted by Crippen LogP contribution is -2.44. The maximum atomic E-state index is 11.1. The number of nitro groups is 1. The average Bonchev–Trinajstić information content (AvgIpc) is 2.56. The van der Waals surface area contributed by atoms with Gasteiger partial charge in [-0.1, -0.05) is 18.2 Å². The van der Waals surface area contributed by atoms with Crippen LogP contribution in [0.3, 0.4) is 0 Å². The Kier molecular flexibility index (Phi) is 4.43. The van der Waals surface area contributed by atoms with Crippen LogP contribution in [0.4, 0.5) is 22.7 Å². The monoisotopic (exact) mass is 312 g/mol. The van der Waals surface area contributed by atoms with E-state index in [2.05, 4.69) is 22.2 Å². The number of non-ortho nitro benzene ring substituents is 1. The van der Waals surface area contributed by atoms with E-state index in [9.17, 15) is 10.1 Å². The highest BCUT2D eigenvalue weighted by molar-refractivity contribution is 5.77. The lowest BCUT2D eigenvalue weighted by Gasteiger charge is -2.35. The Balaban J connectivity index is 1.92. The van der Waals surface area contributed by atoms with E-state index >= 15 is 0 Å². The molecule has 0 saturated carbocycles. The molecule has 0 unspecified atom stereocenters. The number of benzene rings is 2. The van der Waals surface area contributed by atoms with Gasteiger partial charge in [-0.15, -0.1) is 0 Å². The predicted molar refractivity (Wildman–Crippen MR) is 92.5 cm³/mol. The van der Waals surface area contributed by atoms with Crippen molar-refractivity contribution in [1.82, 2.24) is 4.90 Å². The minimum atomic E-state index is -0.357. The third kappa shape index (κ3) is 3.60. The van der Waals surface area contributed by atoms with E-state index in [1.54, 1.807) is 12.1 Å². The summed E-state index contributed by atoms with van der Waals surface area (Å²) in [4.78, 5) is 15.3. The van der Waals surface area contributed by atoms with E-state index in [-0.39, 0.29) is 10.6 Å². The standard InChI is InChI=1S/C17H20N4O2/c1-19-9-11-20(12-10-19)17-8-7-15(21(22)23)13-16(17)18-14-5-3-2-4-6-14/h2-8,13,18H,9-12H2,1H3. The quantitative estimate of drug-likeness (QED) is 0.694. The van der Waals surface area contributed by atoms with Crippen molar-refractivity contribution < 1.29 is 4.92 Å². The fourth-order valence-corrected chi connectivity index (χ4v) is 2.74. The summed E-state index contributed by atoms with van der Waals surface area (Å²) in [6.45, 7) is 3.80. The Morgan fingerprint density at radius 1 is 1.04 bits per heavy atom. The molecule has 1 N–H and O–H groups in total. The molecular formula is C17H20N4O2. The summed E-state index contributed by atoms with van der Waals surface area (Å²) in [7, 11) is 2.11. The van der Waals surface area contributed by atoms with Crippen molar-refractivity contribution >= 4 is 22.7 Å². The fourth-order valence-electron chi connectivity index (χ4n) is 2.74. The highest BCUT2D eigenvalue weighted by Crippen LogP contribution is 2.33. The lowest BCUT2D eigenvalue weighted by molar-refractivity contribution is -0.384. The van der Waals surface area contributed by atoms with Gasteiger partial charge in [-0.25, -0.2) is 0 Å². The van der Waals surface area contributed by atoms with Crippen molar-refractivity contribution in [3.8, 4) is 0 Å². The molecule has 2 aromatic carbocycles. The number of para-hydroxylation sites is 1. The minimum Gasteiger partial charge on any atom is -0.367 e. The minimum absolute atomic E-state index is 0.0984. The van der Waals surface area contributed by atoms with Crippen molar-refractivity contribution in [3.63, 3.8) is 0 Å². The predicted octanol–water partition coefficient (Wildman–Crippen LogP) is 3.09. The second-order valence-corrected chi connectivity index (χ2v) is 5.74. The summed E-state index contributed by atoms with van der Waals surface area (Å²) in [5, 5.41) is 14.4. The Hall–Kier alpha value is -2.60. The fraction of sp³-hybridized carbons (Fsp3) is 0.294. The molecule has 0 aliphatic carbocycles. The van der Waals surface area contributed by atoms with Crippen LogP contribution in [-0.2, 0) is 0 Å². The molecule has 1 aliphatic rings. The molecule has 3 rings (SSSR count). The Morgan fingerprint density at radius 3 is 2.39 bits per heavy atom. The molecule has 6 heteroatoms. The van der Waals surface area contributed by atoms with Gasteiger partial charge in [0.25, 0.3) is 5.69 Å². The van der Waals surface area contributed by atoms with E-state index < -0.39 is 0 Å². The molecular weight excluding hydrogens is 292 g/mol. The molecule has 1 saturated heterocycles. The molecule has 2 aromatic rings. The molecule has 1 aliphatic heterocycles. The third-order valence-electron chi connectivity index (χ3n) is 4.09. The summed E-state index contributed by atoms with van der Waals surface area (Å²) in [6, 6.07) is 14.8. The molecule has 6 nitrogen and oxygen atoms in total. The van der Waals surface area contributed by atoms with Gasteiger partial charge in [0, 0.05) is 44.0 Å². The van der Waals surface area contributed by atoms with Crippen molar-refractivity contribution in [2.24, 2.45) is 0 Å². The van der Waals surface area contributed by atoms with Gasteiger partial charge >= 0.3 is 0 Å². The first-order chi connectivity index (χ1) is 11.1. The van der Waals surface area contributed by atoms with Crippen LogP contribution in [0.15, 0.2) is 48.5 Å². The average molecular weight is 312 g/mol. The molecule has 0 radical (unpaired) electrons. The zero-order valence-corrected chi connectivity index (χ0v) is 13.1. The highest BCUT2D eigenvalue weighted by atomic mass is 16.6. The van der Waals surface area contributed by atoms with E-state index in [0.717, 1.165) is 43.2 Å². The van der Waals surface area contributed by atoms with Crippen LogP contribution in [0.2, 0.25) is 0 Å². The molecule has 23 heavy (non-hydrogen) atoms. The molecule has 0 bridgehead atoms. The summed E-state index contributed by atoms with van der Waals surface area (Å²) in [5.41, 5.74) is 2.80. The van der Waals surface area contributed by atoms with Crippen LogP contribution >= 0.6 is 0 Å². The summed E-state index contributed by atoms with van der Waals surface area (Å²) in [5.74, 6) is 0. The van der Waals surface area contributed by atoms with Gasteiger partial charge in [0.1, 0.15) is 0 Å². The molecule has 0 atom stereocenters. The van der Waals surface area contributed by atoms with Crippen LogP contribution in [0, 0.1) is 10.1 Å². The maximum Gasteiger partial charge on any atom is 0.271 e. The van der Waals surface area contributed by atoms with Crippen LogP contribution in [0.25, 0.3) is 0 Å². The molecule has 0 amide bonds. The van der Waals surface area contributed by atoms with Gasteiger partial charge in [0.05, 0.1) is 16.3 Å². The summed E-state index contributed by atoms with van der Waals surface area (Å²) < 4.78 is 0. The van der Waals surface area contributed by atoms with Crippen molar-refractivity contribution in [3.05, 3.63) is 58.6 Å². The Morgan fingerprint density at radius 2 is 1.74 bits per heavy atom. The highest BCUT2D eigenvalue weighted by Gasteiger charge is 2.19. The Bertz CT molecular complexity index is 682. The summed E-state index contributed by atoms with van der Waals surface area (Å²) >= 11 is 0. The van der Waals surface area contributed by atoms with Gasteiger partial charge < -0.3 is 15.1 Å². The summed E-state index contributed by atoms with van der Waals surface area (Å²) in [6.07, 6.45) is 0. The van der Waals surface area contributed by atoms with Crippen LogP contribution < -0.4 is 10.2 Å². The van der Waals surface area contributed by atoms with E-state index in [1.807, 2.05) is 36.4 Å². The zero-order valence-electron chi connectivity index (χ0n) is 13.1. The van der Waals surface area contributed by atoms with Crippen molar-refractivity contribution in [2.75, 3.05) is 43.4 Å². The molecule has 1 heterocycles.